The van der Waals surface area contributed by atoms with Gasteiger partial charge in [0.25, 0.3) is 0 Å². The molecule has 3 aromatic rings. The SMILES string of the molecule is C=C(Nc1nc(-c2ccccc2C(F)(F)F)nc(C)c1C)c1cccc(F)c1C(CC)CCC. The molecule has 0 fully saturated rings. The molecule has 0 aliphatic rings. The lowest BCUT2D eigenvalue weighted by molar-refractivity contribution is -0.137. The van der Waals surface area contributed by atoms with Crippen LogP contribution in [0.1, 0.15) is 67.0 Å². The van der Waals surface area contributed by atoms with Gasteiger partial charge >= 0.3 is 6.18 Å². The molecule has 1 atom stereocenters. The molecule has 0 amide bonds. The molecule has 1 aromatic heterocycles. The van der Waals surface area contributed by atoms with Gasteiger partial charge in [-0.1, -0.05) is 57.2 Å². The van der Waals surface area contributed by atoms with E-state index in [-0.39, 0.29) is 23.1 Å². The molecular weight excluding hydrogens is 442 g/mol. The van der Waals surface area contributed by atoms with Gasteiger partial charge in [0.2, 0.25) is 0 Å². The van der Waals surface area contributed by atoms with Crippen molar-refractivity contribution in [3.8, 4) is 11.4 Å². The second-order valence-electron chi connectivity index (χ2n) is 8.35. The first-order valence-corrected chi connectivity index (χ1v) is 11.3. The fourth-order valence-electron chi connectivity index (χ4n) is 4.12. The molecule has 34 heavy (non-hydrogen) atoms. The van der Waals surface area contributed by atoms with Crippen LogP contribution in [-0.4, -0.2) is 9.97 Å². The van der Waals surface area contributed by atoms with Crippen LogP contribution >= 0.6 is 0 Å². The van der Waals surface area contributed by atoms with Gasteiger partial charge in [0.05, 0.1) is 5.56 Å². The van der Waals surface area contributed by atoms with Crippen LogP contribution in [0.3, 0.4) is 0 Å². The zero-order valence-corrected chi connectivity index (χ0v) is 19.9. The largest absolute Gasteiger partial charge is 0.417 e. The van der Waals surface area contributed by atoms with Gasteiger partial charge in [-0.15, -0.1) is 0 Å². The summed E-state index contributed by atoms with van der Waals surface area (Å²) >= 11 is 0. The summed E-state index contributed by atoms with van der Waals surface area (Å²) in [6.07, 6.45) is -2.01. The predicted molar refractivity (Wildman–Crippen MR) is 129 cm³/mol. The Labute approximate surface area is 198 Å². The lowest BCUT2D eigenvalue weighted by Gasteiger charge is -2.22. The fraction of sp³-hybridized carbons (Fsp3) is 0.333. The summed E-state index contributed by atoms with van der Waals surface area (Å²) in [5.41, 5.74) is 1.96. The summed E-state index contributed by atoms with van der Waals surface area (Å²) in [5.74, 6) is 0.0322. The first kappa shape index (κ1) is 25.4. The molecule has 3 rings (SSSR count). The van der Waals surface area contributed by atoms with E-state index in [1.165, 1.54) is 24.3 Å². The number of anilines is 1. The van der Waals surface area contributed by atoms with E-state index in [9.17, 15) is 17.6 Å². The fourth-order valence-corrected chi connectivity index (χ4v) is 4.12. The molecule has 2 aromatic carbocycles. The van der Waals surface area contributed by atoms with Crippen LogP contribution in [0.4, 0.5) is 23.4 Å². The average molecular weight is 472 g/mol. The van der Waals surface area contributed by atoms with Crippen molar-refractivity contribution in [2.45, 2.75) is 59.1 Å². The van der Waals surface area contributed by atoms with E-state index in [0.717, 1.165) is 25.3 Å². The summed E-state index contributed by atoms with van der Waals surface area (Å²) in [6, 6.07) is 10.1. The zero-order valence-electron chi connectivity index (χ0n) is 19.9. The van der Waals surface area contributed by atoms with Crippen LogP contribution in [0.25, 0.3) is 17.1 Å². The van der Waals surface area contributed by atoms with Crippen LogP contribution in [0.2, 0.25) is 0 Å². The smallest absolute Gasteiger partial charge is 0.340 e. The summed E-state index contributed by atoms with van der Waals surface area (Å²) in [7, 11) is 0. The van der Waals surface area contributed by atoms with Crippen molar-refractivity contribution in [1.29, 1.82) is 0 Å². The lowest BCUT2D eigenvalue weighted by atomic mass is 9.87. The second kappa shape index (κ2) is 10.4. The van der Waals surface area contributed by atoms with Gasteiger partial charge in [0.15, 0.2) is 5.82 Å². The average Bonchev–Trinajstić information content (AvgIpc) is 2.79. The molecule has 0 aliphatic carbocycles. The Morgan fingerprint density at radius 3 is 2.38 bits per heavy atom. The van der Waals surface area contributed by atoms with Gasteiger partial charge in [0, 0.05) is 33.6 Å². The first-order valence-electron chi connectivity index (χ1n) is 11.3. The highest BCUT2D eigenvalue weighted by Crippen LogP contribution is 2.37. The molecule has 1 unspecified atom stereocenters. The molecule has 3 nitrogen and oxygen atoms in total. The first-order chi connectivity index (χ1) is 16.1. The quantitative estimate of drug-likeness (QED) is 0.336. The zero-order chi connectivity index (χ0) is 25.0. The Kier molecular flexibility index (Phi) is 7.75. The van der Waals surface area contributed by atoms with Crippen LogP contribution in [0.5, 0.6) is 0 Å². The van der Waals surface area contributed by atoms with Crippen LogP contribution in [0, 0.1) is 19.7 Å². The molecule has 0 bridgehead atoms. The molecule has 1 N–H and O–H groups in total. The highest BCUT2D eigenvalue weighted by molar-refractivity contribution is 5.78. The lowest BCUT2D eigenvalue weighted by Crippen LogP contribution is -2.12. The third-order valence-corrected chi connectivity index (χ3v) is 6.05. The highest BCUT2D eigenvalue weighted by Gasteiger charge is 2.34. The van der Waals surface area contributed by atoms with E-state index >= 15 is 0 Å². The van der Waals surface area contributed by atoms with Gasteiger partial charge in [-0.25, -0.2) is 14.4 Å². The Morgan fingerprint density at radius 2 is 1.74 bits per heavy atom. The van der Waals surface area contributed by atoms with E-state index in [2.05, 4.69) is 28.8 Å². The minimum Gasteiger partial charge on any atom is -0.340 e. The van der Waals surface area contributed by atoms with Crippen molar-refractivity contribution < 1.29 is 17.6 Å². The van der Waals surface area contributed by atoms with Gasteiger partial charge in [0.1, 0.15) is 11.6 Å². The molecule has 7 heteroatoms. The van der Waals surface area contributed by atoms with Crippen molar-refractivity contribution in [3.63, 3.8) is 0 Å². The van der Waals surface area contributed by atoms with Gasteiger partial charge in [-0.2, -0.15) is 13.2 Å². The van der Waals surface area contributed by atoms with Gasteiger partial charge in [-0.3, -0.25) is 0 Å². The Bertz CT molecular complexity index is 1180. The number of hydrogen-bond acceptors (Lipinski definition) is 3. The maximum atomic E-state index is 14.9. The Morgan fingerprint density at radius 1 is 1.03 bits per heavy atom. The molecule has 0 radical (unpaired) electrons. The highest BCUT2D eigenvalue weighted by atomic mass is 19.4. The maximum absolute atomic E-state index is 14.9. The molecule has 0 saturated heterocycles. The van der Waals surface area contributed by atoms with Crippen molar-refractivity contribution in [3.05, 3.63) is 82.8 Å². The third kappa shape index (κ3) is 5.29. The van der Waals surface area contributed by atoms with E-state index in [1.54, 1.807) is 26.0 Å². The number of rotatable bonds is 8. The van der Waals surface area contributed by atoms with Crippen molar-refractivity contribution in [2.75, 3.05) is 5.32 Å². The predicted octanol–water partition coefficient (Wildman–Crippen LogP) is 8.29. The number of aryl methyl sites for hydroxylation is 1. The third-order valence-electron chi connectivity index (χ3n) is 6.05. The van der Waals surface area contributed by atoms with Crippen LogP contribution in [0.15, 0.2) is 49.0 Å². The summed E-state index contributed by atoms with van der Waals surface area (Å²) in [4.78, 5) is 8.73. The molecule has 0 spiro atoms. The second-order valence-corrected chi connectivity index (χ2v) is 8.35. The number of aromatic nitrogens is 2. The standard InChI is InChI=1S/C27H29F4N3/c1-6-11-19(7-2)24-20(13-10-15-23(24)28)18(5)33-25-16(3)17(4)32-26(34-25)21-12-8-9-14-22(21)27(29,30)31/h8-10,12-15,19H,5-7,11H2,1-4H3,(H,32,33,34). The van der Waals surface area contributed by atoms with Crippen molar-refractivity contribution in [2.24, 2.45) is 0 Å². The van der Waals surface area contributed by atoms with E-state index in [1.807, 2.05) is 6.92 Å². The number of alkyl halides is 3. The van der Waals surface area contributed by atoms with Gasteiger partial charge in [-0.05, 0) is 44.7 Å². The van der Waals surface area contributed by atoms with E-state index in [0.29, 0.717) is 33.9 Å². The molecule has 180 valence electrons. The molecule has 1 heterocycles. The van der Waals surface area contributed by atoms with Gasteiger partial charge < -0.3 is 5.32 Å². The summed E-state index contributed by atoms with van der Waals surface area (Å²) in [5, 5.41) is 3.13. The number of nitrogens with zero attached hydrogens (tertiary/aromatic N) is 2. The number of nitrogens with one attached hydrogen (secondary N) is 1. The number of benzene rings is 2. The minimum absolute atomic E-state index is 0.0298. The summed E-state index contributed by atoms with van der Waals surface area (Å²) < 4.78 is 55.6. The molecule has 0 saturated carbocycles. The van der Waals surface area contributed by atoms with Crippen LogP contribution < -0.4 is 5.32 Å². The Hall–Kier alpha value is -3.22. The van der Waals surface area contributed by atoms with Crippen molar-refractivity contribution >= 4 is 11.5 Å². The maximum Gasteiger partial charge on any atom is 0.417 e. The molecular formula is C27H29F4N3. The van der Waals surface area contributed by atoms with E-state index < -0.39 is 11.7 Å². The van der Waals surface area contributed by atoms with Crippen molar-refractivity contribution in [1.82, 2.24) is 9.97 Å². The number of hydrogen-bond donors (Lipinski definition) is 1. The van der Waals surface area contributed by atoms with Crippen LogP contribution in [-0.2, 0) is 6.18 Å². The normalized spacial score (nSPS) is 12.5. The Balaban J connectivity index is 2.06. The monoisotopic (exact) mass is 471 g/mol. The molecule has 0 aliphatic heterocycles. The topological polar surface area (TPSA) is 37.8 Å². The number of halogens is 4. The van der Waals surface area contributed by atoms with E-state index in [4.69, 9.17) is 0 Å². The summed E-state index contributed by atoms with van der Waals surface area (Å²) in [6.45, 7) is 11.7. The minimum atomic E-state index is -4.54.